The molecule has 0 bridgehead atoms. The highest BCUT2D eigenvalue weighted by Crippen LogP contribution is 2.23. The van der Waals surface area contributed by atoms with Crippen LogP contribution in [-0.2, 0) is 17.8 Å². The third-order valence-corrected chi connectivity index (χ3v) is 4.94. The Balaban J connectivity index is 1.68. The van der Waals surface area contributed by atoms with Gasteiger partial charge in [-0.3, -0.25) is 9.69 Å². The van der Waals surface area contributed by atoms with Crippen molar-refractivity contribution in [1.82, 2.24) is 9.80 Å². The Morgan fingerprint density at radius 3 is 2.86 bits per heavy atom. The molecule has 2 aliphatic heterocycles. The monoisotopic (exact) mass is 288 g/mol. The third-order valence-electron chi connectivity index (χ3n) is 4.94. The van der Waals surface area contributed by atoms with Gasteiger partial charge in [-0.05, 0) is 37.3 Å². The summed E-state index contributed by atoms with van der Waals surface area (Å²) in [5, 5.41) is 9.40. The molecule has 0 aliphatic carbocycles. The lowest BCUT2D eigenvalue weighted by Crippen LogP contribution is -2.50. The van der Waals surface area contributed by atoms with Crippen LogP contribution in [0.4, 0.5) is 0 Å². The average molecular weight is 288 g/mol. The van der Waals surface area contributed by atoms with Crippen LogP contribution in [0.25, 0.3) is 0 Å². The quantitative estimate of drug-likeness (QED) is 0.915. The normalized spacial score (nSPS) is 23.9. The first kappa shape index (κ1) is 14.5. The predicted octanol–water partition coefficient (Wildman–Crippen LogP) is 1.42. The van der Waals surface area contributed by atoms with Gasteiger partial charge in [0.25, 0.3) is 0 Å². The SMILES string of the molecule is CC(C(=O)N1CCC[C@@H]1CO)N1CCc2ccccc2C1. The number of carbonyl (C=O) groups excluding carboxylic acids is 1. The summed E-state index contributed by atoms with van der Waals surface area (Å²) in [4.78, 5) is 16.8. The van der Waals surface area contributed by atoms with Crippen LogP contribution in [0.2, 0.25) is 0 Å². The van der Waals surface area contributed by atoms with E-state index in [1.54, 1.807) is 0 Å². The minimum atomic E-state index is -0.106. The molecule has 0 saturated carbocycles. The molecule has 4 heteroatoms. The molecule has 1 unspecified atom stereocenters. The Bertz CT molecular complexity index is 517. The lowest BCUT2D eigenvalue weighted by molar-refractivity contribution is -0.138. The van der Waals surface area contributed by atoms with Crippen LogP contribution >= 0.6 is 0 Å². The summed E-state index contributed by atoms with van der Waals surface area (Å²) in [6, 6.07) is 8.41. The van der Waals surface area contributed by atoms with Crippen LogP contribution < -0.4 is 0 Å². The molecule has 3 rings (SSSR count). The van der Waals surface area contributed by atoms with E-state index in [9.17, 15) is 9.90 Å². The number of amides is 1. The van der Waals surface area contributed by atoms with E-state index in [-0.39, 0.29) is 24.6 Å². The number of hydrogen-bond acceptors (Lipinski definition) is 3. The number of hydrogen-bond donors (Lipinski definition) is 1. The van der Waals surface area contributed by atoms with Gasteiger partial charge in [-0.1, -0.05) is 24.3 Å². The van der Waals surface area contributed by atoms with Gasteiger partial charge < -0.3 is 10.0 Å². The highest BCUT2D eigenvalue weighted by molar-refractivity contribution is 5.82. The fourth-order valence-electron chi connectivity index (χ4n) is 3.56. The van der Waals surface area contributed by atoms with E-state index in [4.69, 9.17) is 0 Å². The van der Waals surface area contributed by atoms with Crippen LogP contribution in [0.3, 0.4) is 0 Å². The molecular formula is C17H24N2O2. The summed E-state index contributed by atoms with van der Waals surface area (Å²) in [5.41, 5.74) is 2.74. The molecule has 1 N–H and O–H groups in total. The molecule has 1 aromatic carbocycles. The summed E-state index contributed by atoms with van der Waals surface area (Å²) in [6.07, 6.45) is 2.95. The van der Waals surface area contributed by atoms with Crippen molar-refractivity contribution < 1.29 is 9.90 Å². The van der Waals surface area contributed by atoms with E-state index in [1.807, 2.05) is 11.8 Å². The van der Waals surface area contributed by atoms with Crippen molar-refractivity contribution in [1.29, 1.82) is 0 Å². The van der Waals surface area contributed by atoms with Crippen LogP contribution in [0.15, 0.2) is 24.3 Å². The molecule has 1 saturated heterocycles. The van der Waals surface area contributed by atoms with Gasteiger partial charge in [-0.15, -0.1) is 0 Å². The van der Waals surface area contributed by atoms with Crippen LogP contribution in [-0.4, -0.2) is 52.6 Å². The number of likely N-dealkylation sites (tertiary alicyclic amines) is 1. The summed E-state index contributed by atoms with van der Waals surface area (Å²) in [5.74, 6) is 0.172. The molecular weight excluding hydrogens is 264 g/mol. The van der Waals surface area contributed by atoms with Gasteiger partial charge >= 0.3 is 0 Å². The average Bonchev–Trinajstić information content (AvgIpc) is 3.01. The maximum Gasteiger partial charge on any atom is 0.239 e. The highest BCUT2D eigenvalue weighted by Gasteiger charge is 2.34. The van der Waals surface area contributed by atoms with Gasteiger partial charge in [-0.25, -0.2) is 0 Å². The van der Waals surface area contributed by atoms with Crippen molar-refractivity contribution in [3.05, 3.63) is 35.4 Å². The maximum atomic E-state index is 12.7. The Hall–Kier alpha value is -1.39. The molecule has 1 amide bonds. The van der Waals surface area contributed by atoms with Gasteiger partial charge in [0.15, 0.2) is 0 Å². The van der Waals surface area contributed by atoms with Crippen LogP contribution in [0, 0.1) is 0 Å². The number of carbonyl (C=O) groups is 1. The van der Waals surface area contributed by atoms with E-state index in [0.717, 1.165) is 38.9 Å². The Labute approximate surface area is 126 Å². The fourth-order valence-corrected chi connectivity index (χ4v) is 3.56. The molecule has 21 heavy (non-hydrogen) atoms. The molecule has 1 fully saturated rings. The first-order chi connectivity index (χ1) is 10.2. The number of rotatable bonds is 3. The zero-order chi connectivity index (χ0) is 14.8. The Morgan fingerprint density at radius 2 is 2.10 bits per heavy atom. The largest absolute Gasteiger partial charge is 0.394 e. The van der Waals surface area contributed by atoms with Gasteiger partial charge in [0, 0.05) is 19.6 Å². The van der Waals surface area contributed by atoms with E-state index >= 15 is 0 Å². The lowest BCUT2D eigenvalue weighted by Gasteiger charge is -2.36. The standard InChI is InChI=1S/C17H24N2O2/c1-13(17(21)19-9-4-7-16(19)12-20)18-10-8-14-5-2-3-6-15(14)11-18/h2-3,5-6,13,16,20H,4,7-12H2,1H3/t13?,16-/m1/s1. The van der Waals surface area contributed by atoms with E-state index in [1.165, 1.54) is 11.1 Å². The second kappa shape index (κ2) is 6.16. The molecule has 2 heterocycles. The van der Waals surface area contributed by atoms with Crippen LogP contribution in [0.1, 0.15) is 30.9 Å². The molecule has 0 aromatic heterocycles. The van der Waals surface area contributed by atoms with Gasteiger partial charge in [-0.2, -0.15) is 0 Å². The van der Waals surface area contributed by atoms with E-state index in [2.05, 4.69) is 29.2 Å². The van der Waals surface area contributed by atoms with Crippen molar-refractivity contribution in [3.8, 4) is 0 Å². The molecule has 0 spiro atoms. The molecule has 2 atom stereocenters. The fraction of sp³-hybridized carbons (Fsp3) is 0.588. The lowest BCUT2D eigenvalue weighted by atomic mass is 9.98. The minimum Gasteiger partial charge on any atom is -0.394 e. The highest BCUT2D eigenvalue weighted by atomic mass is 16.3. The van der Waals surface area contributed by atoms with Gasteiger partial charge in [0.1, 0.15) is 0 Å². The van der Waals surface area contributed by atoms with Crippen molar-refractivity contribution in [2.24, 2.45) is 0 Å². The minimum absolute atomic E-state index is 0.0250. The van der Waals surface area contributed by atoms with Gasteiger partial charge in [0.2, 0.25) is 5.91 Å². The Morgan fingerprint density at radius 1 is 1.33 bits per heavy atom. The molecule has 114 valence electrons. The number of fused-ring (bicyclic) bond motifs is 1. The molecule has 1 aromatic rings. The second-order valence-corrected chi connectivity index (χ2v) is 6.18. The summed E-state index contributed by atoms with van der Waals surface area (Å²) in [6.45, 7) is 4.66. The van der Waals surface area contributed by atoms with E-state index in [0.29, 0.717) is 0 Å². The smallest absolute Gasteiger partial charge is 0.239 e. The van der Waals surface area contributed by atoms with Crippen molar-refractivity contribution >= 4 is 5.91 Å². The third kappa shape index (κ3) is 2.83. The number of benzene rings is 1. The van der Waals surface area contributed by atoms with Gasteiger partial charge in [0.05, 0.1) is 18.7 Å². The predicted molar refractivity (Wildman–Crippen MR) is 81.8 cm³/mol. The number of nitrogens with zero attached hydrogens (tertiary/aromatic N) is 2. The first-order valence-corrected chi connectivity index (χ1v) is 7.93. The van der Waals surface area contributed by atoms with Crippen molar-refractivity contribution in [3.63, 3.8) is 0 Å². The van der Waals surface area contributed by atoms with Crippen molar-refractivity contribution in [2.75, 3.05) is 19.7 Å². The molecule has 4 nitrogen and oxygen atoms in total. The topological polar surface area (TPSA) is 43.8 Å². The zero-order valence-corrected chi connectivity index (χ0v) is 12.7. The zero-order valence-electron chi connectivity index (χ0n) is 12.7. The van der Waals surface area contributed by atoms with E-state index < -0.39 is 0 Å². The molecule has 0 radical (unpaired) electrons. The van der Waals surface area contributed by atoms with Crippen LogP contribution in [0.5, 0.6) is 0 Å². The van der Waals surface area contributed by atoms with Crippen molar-refractivity contribution in [2.45, 2.75) is 44.8 Å². The second-order valence-electron chi connectivity index (χ2n) is 6.18. The Kier molecular flexibility index (Phi) is 4.27. The number of aliphatic hydroxyl groups excluding tert-OH is 1. The first-order valence-electron chi connectivity index (χ1n) is 7.93. The molecule has 2 aliphatic rings. The summed E-state index contributed by atoms with van der Waals surface area (Å²) >= 11 is 0. The summed E-state index contributed by atoms with van der Waals surface area (Å²) in [7, 11) is 0. The maximum absolute atomic E-state index is 12.7. The number of aliphatic hydroxyl groups is 1. The summed E-state index contributed by atoms with van der Waals surface area (Å²) < 4.78 is 0.